The normalized spacial score (nSPS) is 18.9. The molecule has 1 saturated heterocycles. The number of benzene rings is 2. The maximum atomic E-state index is 12.1. The molecule has 1 atom stereocenters. The van der Waals surface area contributed by atoms with Crippen molar-refractivity contribution in [2.45, 2.75) is 11.7 Å². The molecule has 1 N–H and O–H groups in total. The Morgan fingerprint density at radius 1 is 1.12 bits per heavy atom. The van der Waals surface area contributed by atoms with Crippen LogP contribution in [0.4, 0.5) is 0 Å². The zero-order valence-electron chi connectivity index (χ0n) is 12.7. The molecule has 128 valence electrons. The molecular weight excluding hydrogens is 401 g/mol. The van der Waals surface area contributed by atoms with E-state index in [1.54, 1.807) is 24.4 Å². The van der Waals surface area contributed by atoms with Gasteiger partial charge in [0.15, 0.2) is 5.17 Å². The van der Waals surface area contributed by atoms with Gasteiger partial charge >= 0.3 is 0 Å². The summed E-state index contributed by atoms with van der Waals surface area (Å²) in [5.41, 5.74) is 1.69. The minimum absolute atomic E-state index is 0.124. The molecule has 0 aliphatic carbocycles. The SMILES string of the molecule is O=C1N/C(=N/N=C/c2ccc(Cl)cc2)SC1Cc1cccc(Cl)c1Cl. The lowest BCUT2D eigenvalue weighted by Gasteiger charge is -2.08. The van der Waals surface area contributed by atoms with E-state index in [4.69, 9.17) is 34.8 Å². The van der Waals surface area contributed by atoms with Crippen molar-refractivity contribution in [2.75, 3.05) is 0 Å². The molecule has 0 spiro atoms. The van der Waals surface area contributed by atoms with Crippen molar-refractivity contribution in [3.8, 4) is 0 Å². The van der Waals surface area contributed by atoms with Crippen LogP contribution in [0, 0.1) is 0 Å². The number of thioether (sulfide) groups is 1. The predicted octanol–water partition coefficient (Wildman–Crippen LogP) is 4.81. The third-order valence-corrected chi connectivity index (χ3v) is 5.62. The topological polar surface area (TPSA) is 53.8 Å². The standard InChI is InChI=1S/C17H12Cl3N3OS/c18-12-6-4-10(5-7-12)9-21-23-17-22-16(24)14(25-17)8-11-2-1-3-13(19)15(11)20/h1-7,9,14H,8H2,(H,22,23,24)/b21-9+. The molecule has 1 heterocycles. The average Bonchev–Trinajstić information content (AvgIpc) is 2.93. The Balaban J connectivity index is 1.65. The van der Waals surface area contributed by atoms with Crippen LogP contribution in [0.1, 0.15) is 11.1 Å². The van der Waals surface area contributed by atoms with Crippen LogP contribution in [0.3, 0.4) is 0 Å². The van der Waals surface area contributed by atoms with Crippen molar-refractivity contribution in [1.29, 1.82) is 0 Å². The van der Waals surface area contributed by atoms with Crippen molar-refractivity contribution in [1.82, 2.24) is 5.32 Å². The largest absolute Gasteiger partial charge is 0.303 e. The minimum Gasteiger partial charge on any atom is -0.303 e. The zero-order valence-corrected chi connectivity index (χ0v) is 15.8. The van der Waals surface area contributed by atoms with Gasteiger partial charge in [-0.3, -0.25) is 4.79 Å². The van der Waals surface area contributed by atoms with E-state index in [1.165, 1.54) is 11.8 Å². The molecule has 1 amide bonds. The van der Waals surface area contributed by atoms with Crippen LogP contribution in [-0.2, 0) is 11.2 Å². The number of amidine groups is 1. The zero-order chi connectivity index (χ0) is 17.8. The molecule has 1 fully saturated rings. The quantitative estimate of drug-likeness (QED) is 0.578. The van der Waals surface area contributed by atoms with Gasteiger partial charge in [0.2, 0.25) is 5.91 Å². The van der Waals surface area contributed by atoms with Crippen LogP contribution in [0.2, 0.25) is 15.1 Å². The number of hydrogen-bond acceptors (Lipinski definition) is 4. The molecule has 1 unspecified atom stereocenters. The first-order valence-electron chi connectivity index (χ1n) is 7.30. The highest BCUT2D eigenvalue weighted by Gasteiger charge is 2.31. The van der Waals surface area contributed by atoms with Gasteiger partial charge in [-0.05, 0) is 35.7 Å². The summed E-state index contributed by atoms with van der Waals surface area (Å²) in [6, 6.07) is 12.6. The molecule has 0 bridgehead atoms. The van der Waals surface area contributed by atoms with E-state index in [9.17, 15) is 4.79 Å². The van der Waals surface area contributed by atoms with Crippen LogP contribution < -0.4 is 5.32 Å². The van der Waals surface area contributed by atoms with Crippen molar-refractivity contribution in [3.63, 3.8) is 0 Å². The van der Waals surface area contributed by atoms with Gasteiger partial charge in [-0.25, -0.2) is 0 Å². The van der Waals surface area contributed by atoms with E-state index in [-0.39, 0.29) is 11.2 Å². The molecule has 0 radical (unpaired) electrons. The lowest BCUT2D eigenvalue weighted by atomic mass is 10.1. The maximum absolute atomic E-state index is 12.1. The molecule has 25 heavy (non-hydrogen) atoms. The molecule has 0 saturated carbocycles. The molecule has 1 aliphatic heterocycles. The Kier molecular flexibility index (Phi) is 6.02. The van der Waals surface area contributed by atoms with Crippen LogP contribution in [0.15, 0.2) is 52.7 Å². The first-order valence-corrected chi connectivity index (χ1v) is 9.31. The first-order chi connectivity index (χ1) is 12.0. The monoisotopic (exact) mass is 411 g/mol. The number of rotatable bonds is 4. The summed E-state index contributed by atoms with van der Waals surface area (Å²) in [4.78, 5) is 12.1. The molecule has 3 rings (SSSR count). The summed E-state index contributed by atoms with van der Waals surface area (Å²) in [6.07, 6.45) is 2.06. The second kappa shape index (κ2) is 8.23. The fraction of sp³-hybridized carbons (Fsp3) is 0.118. The summed E-state index contributed by atoms with van der Waals surface area (Å²) >= 11 is 19.3. The van der Waals surface area contributed by atoms with E-state index >= 15 is 0 Å². The Bertz CT molecular complexity index is 853. The lowest BCUT2D eigenvalue weighted by molar-refractivity contribution is -0.118. The number of amides is 1. The van der Waals surface area contributed by atoms with E-state index in [1.807, 2.05) is 24.3 Å². The highest BCUT2D eigenvalue weighted by atomic mass is 35.5. The molecular formula is C17H12Cl3N3OS. The van der Waals surface area contributed by atoms with Crippen LogP contribution in [-0.4, -0.2) is 22.5 Å². The number of nitrogens with zero attached hydrogens (tertiary/aromatic N) is 2. The second-order valence-electron chi connectivity index (χ2n) is 5.21. The van der Waals surface area contributed by atoms with E-state index in [0.29, 0.717) is 26.7 Å². The van der Waals surface area contributed by atoms with Gasteiger partial charge in [0.1, 0.15) is 0 Å². The lowest BCUT2D eigenvalue weighted by Crippen LogP contribution is -2.26. The van der Waals surface area contributed by atoms with Gasteiger partial charge in [-0.15, -0.1) is 5.10 Å². The number of carbonyl (C=O) groups is 1. The van der Waals surface area contributed by atoms with Crippen molar-refractivity contribution in [2.24, 2.45) is 10.2 Å². The third kappa shape index (κ3) is 4.76. The van der Waals surface area contributed by atoms with Gasteiger partial charge in [-0.2, -0.15) is 5.10 Å². The van der Waals surface area contributed by atoms with Gasteiger partial charge < -0.3 is 5.32 Å². The number of nitrogens with one attached hydrogen (secondary N) is 1. The van der Waals surface area contributed by atoms with Crippen LogP contribution in [0.5, 0.6) is 0 Å². The summed E-state index contributed by atoms with van der Waals surface area (Å²) in [6.45, 7) is 0. The van der Waals surface area contributed by atoms with Crippen molar-refractivity contribution < 1.29 is 4.79 Å². The predicted molar refractivity (Wildman–Crippen MR) is 106 cm³/mol. The van der Waals surface area contributed by atoms with E-state index < -0.39 is 0 Å². The summed E-state index contributed by atoms with van der Waals surface area (Å²) in [5.74, 6) is -0.124. The fourth-order valence-corrected chi connectivity index (χ4v) is 3.66. The van der Waals surface area contributed by atoms with Crippen LogP contribution in [0.25, 0.3) is 0 Å². The molecule has 8 heteroatoms. The second-order valence-corrected chi connectivity index (χ2v) is 7.63. The van der Waals surface area contributed by atoms with Gasteiger partial charge in [0.05, 0.1) is 21.5 Å². The van der Waals surface area contributed by atoms with Gasteiger partial charge in [0.25, 0.3) is 0 Å². The van der Waals surface area contributed by atoms with E-state index in [2.05, 4.69) is 15.5 Å². The highest BCUT2D eigenvalue weighted by Crippen LogP contribution is 2.30. The first kappa shape index (κ1) is 18.3. The number of carbonyl (C=O) groups excluding carboxylic acids is 1. The highest BCUT2D eigenvalue weighted by molar-refractivity contribution is 8.15. The maximum Gasteiger partial charge on any atom is 0.239 e. The summed E-state index contributed by atoms with van der Waals surface area (Å²) in [5, 5.41) is 12.5. The van der Waals surface area contributed by atoms with Gasteiger partial charge in [0, 0.05) is 5.02 Å². The Hall–Kier alpha value is -1.53. The minimum atomic E-state index is -0.319. The van der Waals surface area contributed by atoms with Crippen molar-refractivity contribution in [3.05, 3.63) is 68.7 Å². The fourth-order valence-electron chi connectivity index (χ4n) is 2.19. The third-order valence-electron chi connectivity index (χ3n) is 3.44. The smallest absolute Gasteiger partial charge is 0.239 e. The average molecular weight is 413 g/mol. The number of hydrogen-bond donors (Lipinski definition) is 1. The summed E-state index contributed by atoms with van der Waals surface area (Å²) < 4.78 is 0. The summed E-state index contributed by atoms with van der Waals surface area (Å²) in [7, 11) is 0. The molecule has 1 aliphatic rings. The molecule has 0 aromatic heterocycles. The Morgan fingerprint density at radius 2 is 1.88 bits per heavy atom. The number of halogens is 3. The molecule has 4 nitrogen and oxygen atoms in total. The Labute approximate surface area is 164 Å². The van der Waals surface area contributed by atoms with Gasteiger partial charge in [-0.1, -0.05) is 70.8 Å². The molecule has 2 aromatic carbocycles. The van der Waals surface area contributed by atoms with Crippen LogP contribution >= 0.6 is 46.6 Å². The molecule has 2 aromatic rings. The van der Waals surface area contributed by atoms with E-state index in [0.717, 1.165) is 11.1 Å². The van der Waals surface area contributed by atoms with Crippen molar-refractivity contribution >= 4 is 63.9 Å². The Morgan fingerprint density at radius 3 is 2.64 bits per heavy atom.